The van der Waals surface area contributed by atoms with Crippen molar-refractivity contribution in [2.24, 2.45) is 0 Å². The highest BCUT2D eigenvalue weighted by Crippen LogP contribution is 2.38. The Labute approximate surface area is 161 Å². The van der Waals surface area contributed by atoms with Gasteiger partial charge in [0.2, 0.25) is 0 Å². The zero-order valence-corrected chi connectivity index (χ0v) is 15.5. The van der Waals surface area contributed by atoms with Crippen molar-refractivity contribution in [1.29, 1.82) is 0 Å². The first-order valence-electron chi connectivity index (χ1n) is 9.19. The average molecular weight is 379 g/mol. The van der Waals surface area contributed by atoms with Crippen LogP contribution in [0.5, 0.6) is 5.75 Å². The van der Waals surface area contributed by atoms with Crippen LogP contribution in [0.3, 0.4) is 0 Å². The van der Waals surface area contributed by atoms with Crippen molar-refractivity contribution >= 4 is 5.91 Å². The maximum atomic E-state index is 12.4. The highest BCUT2D eigenvalue weighted by Gasteiger charge is 2.25. The molecule has 8 nitrogen and oxygen atoms in total. The molecule has 28 heavy (non-hydrogen) atoms. The number of hydrogen-bond acceptors (Lipinski definition) is 5. The number of amides is 1. The Kier molecular flexibility index (Phi) is 4.92. The van der Waals surface area contributed by atoms with Crippen LogP contribution in [0.2, 0.25) is 0 Å². The molecule has 1 fully saturated rings. The lowest BCUT2D eigenvalue weighted by Gasteiger charge is -2.07. The first kappa shape index (κ1) is 18.0. The van der Waals surface area contributed by atoms with Gasteiger partial charge in [-0.3, -0.25) is 19.3 Å². The molecule has 2 heterocycles. The first-order valence-corrected chi connectivity index (χ1v) is 9.19. The summed E-state index contributed by atoms with van der Waals surface area (Å²) in [7, 11) is 1.59. The Morgan fingerprint density at radius 1 is 1.32 bits per heavy atom. The fourth-order valence-corrected chi connectivity index (χ4v) is 3.03. The number of carbonyl (C=O) groups excluding carboxylic acids is 1. The van der Waals surface area contributed by atoms with Crippen LogP contribution < -0.4 is 15.6 Å². The van der Waals surface area contributed by atoms with Crippen molar-refractivity contribution in [3.8, 4) is 17.0 Å². The van der Waals surface area contributed by atoms with E-state index in [2.05, 4.69) is 20.5 Å². The van der Waals surface area contributed by atoms with Gasteiger partial charge < -0.3 is 10.1 Å². The third-order valence-corrected chi connectivity index (χ3v) is 4.74. The van der Waals surface area contributed by atoms with E-state index in [1.807, 2.05) is 24.3 Å². The van der Waals surface area contributed by atoms with E-state index in [0.29, 0.717) is 36.1 Å². The molecule has 0 radical (unpaired) electrons. The number of carbonyl (C=O) groups is 1. The molecule has 0 aliphatic heterocycles. The van der Waals surface area contributed by atoms with Crippen LogP contribution in [0.15, 0.2) is 47.5 Å². The summed E-state index contributed by atoms with van der Waals surface area (Å²) in [5, 5.41) is 9.73. The van der Waals surface area contributed by atoms with Crippen LogP contribution >= 0.6 is 0 Å². The van der Waals surface area contributed by atoms with Crippen molar-refractivity contribution in [3.63, 3.8) is 0 Å². The summed E-state index contributed by atoms with van der Waals surface area (Å²) in [4.78, 5) is 28.8. The molecule has 1 aliphatic carbocycles. The van der Waals surface area contributed by atoms with Crippen LogP contribution in [-0.4, -0.2) is 39.3 Å². The predicted octanol–water partition coefficient (Wildman–Crippen LogP) is 1.95. The number of rotatable bonds is 7. The number of benzene rings is 1. The fourth-order valence-electron chi connectivity index (χ4n) is 3.03. The van der Waals surface area contributed by atoms with Gasteiger partial charge in [0, 0.05) is 30.6 Å². The fraction of sp³-hybridized carbons (Fsp3) is 0.300. The zero-order valence-electron chi connectivity index (χ0n) is 15.5. The first-order chi connectivity index (χ1) is 13.7. The normalized spacial score (nSPS) is 13.3. The largest absolute Gasteiger partial charge is 0.496 e. The molecule has 144 valence electrons. The minimum absolute atomic E-state index is 0.0915. The second-order valence-electron chi connectivity index (χ2n) is 6.74. The second-order valence-corrected chi connectivity index (χ2v) is 6.74. The molecule has 4 rings (SSSR count). The number of nitrogens with zero attached hydrogens (tertiary/aromatic N) is 3. The lowest BCUT2D eigenvalue weighted by Crippen LogP contribution is -2.31. The van der Waals surface area contributed by atoms with Crippen LogP contribution in [0.4, 0.5) is 0 Å². The van der Waals surface area contributed by atoms with E-state index in [-0.39, 0.29) is 11.5 Å². The third kappa shape index (κ3) is 3.80. The number of aromatic nitrogens is 4. The molecule has 0 atom stereocenters. The van der Waals surface area contributed by atoms with Crippen LogP contribution in [-0.2, 0) is 6.54 Å². The molecule has 0 unspecified atom stereocenters. The molecule has 1 amide bonds. The highest BCUT2D eigenvalue weighted by atomic mass is 16.5. The van der Waals surface area contributed by atoms with Crippen molar-refractivity contribution < 1.29 is 9.53 Å². The standard InChI is InChI=1S/C20H21N5O3/c1-28-18-5-3-2-4-14(18)16-10-17(24-23-16)20(27)21-8-9-25-12-22-15(11-19(25)26)13-6-7-13/h2-5,10-13H,6-9H2,1H3,(H,21,27)(H,23,24). The van der Waals surface area contributed by atoms with Gasteiger partial charge in [-0.15, -0.1) is 0 Å². The Morgan fingerprint density at radius 2 is 2.14 bits per heavy atom. The van der Waals surface area contributed by atoms with Crippen LogP contribution in [0, 0.1) is 0 Å². The number of methoxy groups -OCH3 is 1. The van der Waals surface area contributed by atoms with Gasteiger partial charge in [-0.1, -0.05) is 12.1 Å². The molecule has 8 heteroatoms. The van der Waals surface area contributed by atoms with E-state index in [9.17, 15) is 9.59 Å². The molecule has 0 saturated heterocycles. The Balaban J connectivity index is 1.37. The topological polar surface area (TPSA) is 102 Å². The van der Waals surface area contributed by atoms with Gasteiger partial charge in [0.15, 0.2) is 0 Å². The molecular formula is C20H21N5O3. The van der Waals surface area contributed by atoms with E-state index in [4.69, 9.17) is 4.74 Å². The SMILES string of the molecule is COc1ccccc1-c1cc(C(=O)NCCn2cnc(C3CC3)cc2=O)[nH]n1. The molecule has 1 aliphatic rings. The maximum absolute atomic E-state index is 12.4. The maximum Gasteiger partial charge on any atom is 0.269 e. The Bertz CT molecular complexity index is 1050. The summed E-state index contributed by atoms with van der Waals surface area (Å²) in [6.45, 7) is 0.669. The molecule has 2 aromatic heterocycles. The van der Waals surface area contributed by atoms with E-state index in [0.717, 1.165) is 24.1 Å². The molecule has 3 aromatic rings. The number of nitrogens with one attached hydrogen (secondary N) is 2. The van der Waals surface area contributed by atoms with Gasteiger partial charge >= 0.3 is 0 Å². The minimum atomic E-state index is -0.288. The smallest absolute Gasteiger partial charge is 0.269 e. The van der Waals surface area contributed by atoms with Gasteiger partial charge in [-0.05, 0) is 31.0 Å². The summed E-state index contributed by atoms with van der Waals surface area (Å²) in [6, 6.07) is 10.7. The minimum Gasteiger partial charge on any atom is -0.496 e. The highest BCUT2D eigenvalue weighted by molar-refractivity contribution is 5.93. The van der Waals surface area contributed by atoms with Gasteiger partial charge in [-0.2, -0.15) is 5.10 Å². The van der Waals surface area contributed by atoms with E-state index >= 15 is 0 Å². The van der Waals surface area contributed by atoms with Crippen LogP contribution in [0.1, 0.15) is 34.9 Å². The number of hydrogen-bond donors (Lipinski definition) is 2. The zero-order chi connectivity index (χ0) is 19.5. The number of H-pyrrole nitrogens is 1. The van der Waals surface area contributed by atoms with Crippen molar-refractivity contribution in [3.05, 3.63) is 64.5 Å². The number of para-hydroxylation sites is 1. The monoisotopic (exact) mass is 379 g/mol. The lowest BCUT2D eigenvalue weighted by molar-refractivity contribution is 0.0947. The Hall–Kier alpha value is -3.42. The summed E-state index contributed by atoms with van der Waals surface area (Å²) in [5.74, 6) is 0.839. The average Bonchev–Trinajstić information content (AvgIpc) is 3.45. The van der Waals surface area contributed by atoms with Gasteiger partial charge in [0.1, 0.15) is 11.4 Å². The van der Waals surface area contributed by atoms with Crippen molar-refractivity contribution in [1.82, 2.24) is 25.1 Å². The molecule has 1 saturated carbocycles. The van der Waals surface area contributed by atoms with E-state index in [1.165, 1.54) is 4.57 Å². The molecule has 0 bridgehead atoms. The Morgan fingerprint density at radius 3 is 2.89 bits per heavy atom. The third-order valence-electron chi connectivity index (χ3n) is 4.74. The summed E-state index contributed by atoms with van der Waals surface area (Å²) in [6.07, 6.45) is 3.76. The summed E-state index contributed by atoms with van der Waals surface area (Å²) >= 11 is 0. The number of ether oxygens (including phenoxy) is 1. The quantitative estimate of drug-likeness (QED) is 0.653. The van der Waals surface area contributed by atoms with Crippen molar-refractivity contribution in [2.75, 3.05) is 13.7 Å². The second kappa shape index (κ2) is 7.67. The predicted molar refractivity (Wildman–Crippen MR) is 103 cm³/mol. The summed E-state index contributed by atoms with van der Waals surface area (Å²) in [5.41, 5.74) is 2.54. The molecule has 2 N–H and O–H groups in total. The van der Waals surface area contributed by atoms with Crippen LogP contribution in [0.25, 0.3) is 11.3 Å². The van der Waals surface area contributed by atoms with E-state index in [1.54, 1.807) is 25.6 Å². The molecule has 1 aromatic carbocycles. The number of aromatic amines is 1. The molecular weight excluding hydrogens is 358 g/mol. The molecule has 0 spiro atoms. The van der Waals surface area contributed by atoms with E-state index < -0.39 is 0 Å². The van der Waals surface area contributed by atoms with Crippen molar-refractivity contribution in [2.45, 2.75) is 25.3 Å². The van der Waals surface area contributed by atoms with Gasteiger partial charge in [-0.25, -0.2) is 4.98 Å². The lowest BCUT2D eigenvalue weighted by atomic mass is 10.1. The van der Waals surface area contributed by atoms with Gasteiger partial charge in [0.05, 0.1) is 24.8 Å². The van der Waals surface area contributed by atoms with Gasteiger partial charge in [0.25, 0.3) is 11.5 Å². The summed E-state index contributed by atoms with van der Waals surface area (Å²) < 4.78 is 6.83.